The van der Waals surface area contributed by atoms with Crippen LogP contribution in [0.1, 0.15) is 6.42 Å². The van der Waals surface area contributed by atoms with Crippen LogP contribution in [0.15, 0.2) is 60.8 Å². The summed E-state index contributed by atoms with van der Waals surface area (Å²) in [4.78, 5) is 17.4. The maximum absolute atomic E-state index is 11.1. The zero-order valence-electron chi connectivity index (χ0n) is 15.8. The maximum Gasteiger partial charge on any atom is 0.298 e. The van der Waals surface area contributed by atoms with E-state index in [0.717, 1.165) is 29.8 Å². The number of halogens is 3. The van der Waals surface area contributed by atoms with Crippen molar-refractivity contribution >= 4 is 47.8 Å². The van der Waals surface area contributed by atoms with Gasteiger partial charge in [0.2, 0.25) is 5.88 Å². The van der Waals surface area contributed by atoms with Crippen molar-refractivity contribution in [1.29, 1.82) is 0 Å². The number of carbonyl (C=O) groups excluding carboxylic acids is 1. The Morgan fingerprint density at radius 1 is 1.07 bits per heavy atom. The molecule has 30 heavy (non-hydrogen) atoms. The molecule has 4 rings (SSSR count). The van der Waals surface area contributed by atoms with Crippen LogP contribution in [0.5, 0.6) is 11.6 Å². The molecule has 0 aliphatic carbocycles. The van der Waals surface area contributed by atoms with Gasteiger partial charge in [-0.1, -0.05) is 47.5 Å². The highest BCUT2D eigenvalue weighted by Gasteiger charge is 2.27. The van der Waals surface area contributed by atoms with Crippen LogP contribution in [0.25, 0.3) is 11.1 Å². The average Bonchev–Trinajstić information content (AvgIpc) is 3.19. The number of nitrogens with zero attached hydrogens (tertiary/aromatic N) is 2. The minimum absolute atomic E-state index is 0. The summed E-state index contributed by atoms with van der Waals surface area (Å²) in [7, 11) is 0. The number of ether oxygens (including phenoxy) is 2. The highest BCUT2D eigenvalue weighted by molar-refractivity contribution is 6.33. The summed E-state index contributed by atoms with van der Waals surface area (Å²) >= 11 is 12.5. The van der Waals surface area contributed by atoms with E-state index in [0.29, 0.717) is 34.7 Å². The fraction of sp³-hybridized carbons (Fsp3) is 0.182. The van der Waals surface area contributed by atoms with Crippen LogP contribution < -0.4 is 14.4 Å². The van der Waals surface area contributed by atoms with Gasteiger partial charge in [0.1, 0.15) is 11.1 Å². The SMILES string of the molecule is Cl.O=COc1cc(-c2ccccc2Cl)ccc1N1CC[C@H](Oc2ncccc2Cl)C1. The molecule has 0 bridgehead atoms. The first-order chi connectivity index (χ1) is 14.2. The second kappa shape index (κ2) is 10.0. The lowest BCUT2D eigenvalue weighted by Crippen LogP contribution is -2.25. The molecule has 0 N–H and O–H groups in total. The van der Waals surface area contributed by atoms with Gasteiger partial charge < -0.3 is 14.4 Å². The van der Waals surface area contributed by atoms with Crippen LogP contribution in [0, 0.1) is 0 Å². The molecule has 3 aromatic rings. The molecule has 0 spiro atoms. The van der Waals surface area contributed by atoms with E-state index in [4.69, 9.17) is 32.7 Å². The molecular formula is C22H19Cl3N2O3. The van der Waals surface area contributed by atoms with E-state index < -0.39 is 0 Å². The Morgan fingerprint density at radius 2 is 1.87 bits per heavy atom. The zero-order valence-corrected chi connectivity index (χ0v) is 18.2. The molecule has 2 heterocycles. The summed E-state index contributed by atoms with van der Waals surface area (Å²) in [6.45, 7) is 1.83. The predicted molar refractivity (Wildman–Crippen MR) is 121 cm³/mol. The Morgan fingerprint density at radius 3 is 2.63 bits per heavy atom. The van der Waals surface area contributed by atoms with Crippen molar-refractivity contribution in [2.45, 2.75) is 12.5 Å². The highest BCUT2D eigenvalue weighted by Crippen LogP contribution is 2.37. The molecule has 1 fully saturated rings. The van der Waals surface area contributed by atoms with Crippen molar-refractivity contribution in [2.75, 3.05) is 18.0 Å². The fourth-order valence-corrected chi connectivity index (χ4v) is 3.85. The van der Waals surface area contributed by atoms with Crippen LogP contribution in [-0.2, 0) is 4.79 Å². The lowest BCUT2D eigenvalue weighted by molar-refractivity contribution is -0.120. The summed E-state index contributed by atoms with van der Waals surface area (Å²) < 4.78 is 11.2. The van der Waals surface area contributed by atoms with Crippen molar-refractivity contribution in [3.63, 3.8) is 0 Å². The van der Waals surface area contributed by atoms with Crippen LogP contribution in [-0.4, -0.2) is 30.6 Å². The molecule has 1 aliphatic heterocycles. The van der Waals surface area contributed by atoms with Gasteiger partial charge in [-0.15, -0.1) is 12.4 Å². The first-order valence-electron chi connectivity index (χ1n) is 9.17. The molecule has 1 aliphatic rings. The minimum Gasteiger partial charge on any atom is -0.471 e. The van der Waals surface area contributed by atoms with E-state index in [1.807, 2.05) is 42.5 Å². The van der Waals surface area contributed by atoms with Crippen molar-refractivity contribution in [3.05, 3.63) is 70.8 Å². The van der Waals surface area contributed by atoms with Crippen LogP contribution in [0.4, 0.5) is 5.69 Å². The standard InChI is InChI=1S/C22H18Cl2N2O3.ClH/c23-18-5-2-1-4-17(18)15-7-8-20(21(12-15)28-14-27)26-11-9-16(13-26)29-22-19(24)6-3-10-25-22;/h1-8,10,12,14,16H,9,11,13H2;1H/t16-;/m0./s1. The Balaban J connectivity index is 0.00000256. The summed E-state index contributed by atoms with van der Waals surface area (Å²) in [5.41, 5.74) is 2.58. The summed E-state index contributed by atoms with van der Waals surface area (Å²) in [5, 5.41) is 1.12. The summed E-state index contributed by atoms with van der Waals surface area (Å²) in [6.07, 6.45) is 2.40. The van der Waals surface area contributed by atoms with Gasteiger partial charge in [-0.3, -0.25) is 4.79 Å². The number of carbonyl (C=O) groups is 1. The van der Waals surface area contributed by atoms with E-state index in [-0.39, 0.29) is 18.5 Å². The molecule has 0 unspecified atom stereocenters. The van der Waals surface area contributed by atoms with E-state index in [1.165, 1.54) is 0 Å². The van der Waals surface area contributed by atoms with Crippen LogP contribution >= 0.6 is 35.6 Å². The van der Waals surface area contributed by atoms with Gasteiger partial charge in [-0.25, -0.2) is 4.98 Å². The van der Waals surface area contributed by atoms with Gasteiger partial charge in [-0.05, 0) is 35.9 Å². The van der Waals surface area contributed by atoms with Gasteiger partial charge in [0.15, 0.2) is 5.75 Å². The molecule has 5 nitrogen and oxygen atoms in total. The van der Waals surface area contributed by atoms with E-state index in [2.05, 4.69) is 9.88 Å². The van der Waals surface area contributed by atoms with Gasteiger partial charge >= 0.3 is 0 Å². The maximum atomic E-state index is 11.1. The molecule has 1 aromatic heterocycles. The summed E-state index contributed by atoms with van der Waals surface area (Å²) in [5.74, 6) is 0.911. The first-order valence-corrected chi connectivity index (χ1v) is 9.92. The highest BCUT2D eigenvalue weighted by atomic mass is 35.5. The number of benzene rings is 2. The van der Waals surface area contributed by atoms with Crippen molar-refractivity contribution in [2.24, 2.45) is 0 Å². The second-order valence-electron chi connectivity index (χ2n) is 6.64. The van der Waals surface area contributed by atoms with Gasteiger partial charge in [-0.2, -0.15) is 0 Å². The van der Waals surface area contributed by atoms with Gasteiger partial charge in [0, 0.05) is 29.7 Å². The smallest absolute Gasteiger partial charge is 0.298 e. The Labute approximate surface area is 190 Å². The molecule has 0 saturated carbocycles. The molecule has 156 valence electrons. The molecular weight excluding hydrogens is 447 g/mol. The first kappa shape index (κ1) is 22.2. The molecule has 0 amide bonds. The minimum atomic E-state index is -0.0604. The molecule has 1 atom stereocenters. The van der Waals surface area contributed by atoms with Crippen molar-refractivity contribution in [1.82, 2.24) is 4.98 Å². The normalized spacial score (nSPS) is 15.4. The molecule has 0 radical (unpaired) electrons. The molecule has 1 saturated heterocycles. The monoisotopic (exact) mass is 464 g/mol. The van der Waals surface area contributed by atoms with Gasteiger partial charge in [0.25, 0.3) is 6.47 Å². The quantitative estimate of drug-likeness (QED) is 0.439. The number of aromatic nitrogens is 1. The Bertz CT molecular complexity index is 1030. The van der Waals surface area contributed by atoms with E-state index in [1.54, 1.807) is 18.3 Å². The Hall–Kier alpha value is -2.47. The van der Waals surface area contributed by atoms with Crippen molar-refractivity contribution in [3.8, 4) is 22.8 Å². The topological polar surface area (TPSA) is 51.7 Å². The largest absolute Gasteiger partial charge is 0.471 e. The molecule has 2 aromatic carbocycles. The number of hydrogen-bond donors (Lipinski definition) is 0. The zero-order chi connectivity index (χ0) is 20.2. The Kier molecular flexibility index (Phi) is 7.43. The summed E-state index contributed by atoms with van der Waals surface area (Å²) in [6, 6.07) is 16.8. The van der Waals surface area contributed by atoms with Crippen molar-refractivity contribution < 1.29 is 14.3 Å². The van der Waals surface area contributed by atoms with Gasteiger partial charge in [0.05, 0.1) is 12.2 Å². The average molecular weight is 466 g/mol. The van der Waals surface area contributed by atoms with E-state index in [9.17, 15) is 4.79 Å². The number of anilines is 1. The third-order valence-electron chi connectivity index (χ3n) is 4.81. The lowest BCUT2D eigenvalue weighted by Gasteiger charge is -2.22. The third kappa shape index (κ3) is 4.81. The second-order valence-corrected chi connectivity index (χ2v) is 7.46. The van der Waals surface area contributed by atoms with Crippen LogP contribution in [0.2, 0.25) is 10.0 Å². The van der Waals surface area contributed by atoms with Crippen LogP contribution in [0.3, 0.4) is 0 Å². The number of rotatable bonds is 6. The third-order valence-corrected chi connectivity index (χ3v) is 5.43. The number of pyridine rings is 1. The predicted octanol–water partition coefficient (Wildman–Crippen LogP) is 5.67. The molecule has 8 heteroatoms. The lowest BCUT2D eigenvalue weighted by atomic mass is 10.0. The fourth-order valence-electron chi connectivity index (χ4n) is 3.44. The van der Waals surface area contributed by atoms with E-state index >= 15 is 0 Å². The number of hydrogen-bond acceptors (Lipinski definition) is 5.